The molecular weight excluding hydrogens is 420 g/mol. The third kappa shape index (κ3) is 5.28. The lowest BCUT2D eigenvalue weighted by Crippen LogP contribution is -2.51. The van der Waals surface area contributed by atoms with Gasteiger partial charge in [0.2, 0.25) is 5.91 Å². The van der Waals surface area contributed by atoms with Crippen molar-refractivity contribution in [3.8, 4) is 0 Å². The zero-order chi connectivity index (χ0) is 23.2. The van der Waals surface area contributed by atoms with E-state index in [1.807, 2.05) is 30.6 Å². The van der Waals surface area contributed by atoms with Crippen molar-refractivity contribution in [2.75, 3.05) is 24.5 Å². The molecule has 2 aromatic carbocycles. The van der Waals surface area contributed by atoms with Crippen LogP contribution in [0.2, 0.25) is 0 Å². The van der Waals surface area contributed by atoms with Gasteiger partial charge in [0, 0.05) is 48.1 Å². The highest BCUT2D eigenvalue weighted by molar-refractivity contribution is 5.95. The first-order valence-corrected chi connectivity index (χ1v) is 11.0. The van der Waals surface area contributed by atoms with Crippen molar-refractivity contribution < 1.29 is 19.5 Å². The standard InChI is InChI=1S/C25H26N4O4/c30-23(17-6-2-1-3-7-17)27-15-21(25(32)33)28-24(31)18-10-12-29(13-11-18)22-16-26-14-19-8-4-5-9-20(19)22/h1-9,14,16,18,21H,10-13,15H2,(H,27,30)(H,28,31)(H,32,33)/t21-/m0/s1. The smallest absolute Gasteiger partial charge is 0.328 e. The quantitative estimate of drug-likeness (QED) is 0.514. The van der Waals surface area contributed by atoms with Gasteiger partial charge in [-0.25, -0.2) is 4.79 Å². The van der Waals surface area contributed by atoms with E-state index in [2.05, 4.69) is 26.6 Å². The number of nitrogens with zero attached hydrogens (tertiary/aromatic N) is 2. The van der Waals surface area contributed by atoms with Crippen LogP contribution in [0.4, 0.5) is 5.69 Å². The van der Waals surface area contributed by atoms with Crippen LogP contribution in [0.1, 0.15) is 23.2 Å². The molecule has 4 rings (SSSR count). The highest BCUT2D eigenvalue weighted by atomic mass is 16.4. The summed E-state index contributed by atoms with van der Waals surface area (Å²) in [7, 11) is 0. The van der Waals surface area contributed by atoms with Gasteiger partial charge in [-0.2, -0.15) is 0 Å². The van der Waals surface area contributed by atoms with Crippen LogP contribution >= 0.6 is 0 Å². The second kappa shape index (κ2) is 10.1. The lowest BCUT2D eigenvalue weighted by atomic mass is 9.95. The molecule has 1 atom stereocenters. The molecule has 1 aliphatic heterocycles. The molecule has 1 aliphatic rings. The number of hydrogen-bond donors (Lipinski definition) is 3. The molecule has 33 heavy (non-hydrogen) atoms. The molecule has 1 aromatic heterocycles. The van der Waals surface area contributed by atoms with Crippen LogP contribution < -0.4 is 15.5 Å². The van der Waals surface area contributed by atoms with E-state index in [9.17, 15) is 19.5 Å². The van der Waals surface area contributed by atoms with Gasteiger partial charge in [0.25, 0.3) is 5.91 Å². The zero-order valence-corrected chi connectivity index (χ0v) is 18.1. The van der Waals surface area contributed by atoms with Crippen LogP contribution in [-0.4, -0.2) is 53.6 Å². The fraction of sp³-hybridized carbons (Fsp3) is 0.280. The summed E-state index contributed by atoms with van der Waals surface area (Å²) in [5, 5.41) is 16.9. The zero-order valence-electron chi connectivity index (χ0n) is 18.1. The number of carboxylic acid groups (broad SMARTS) is 1. The molecule has 3 aromatic rings. The number of aliphatic carboxylic acids is 1. The Hall–Kier alpha value is -3.94. The molecular formula is C25H26N4O4. The number of fused-ring (bicyclic) bond motifs is 1. The normalized spacial score (nSPS) is 15.1. The lowest BCUT2D eigenvalue weighted by molar-refractivity contribution is -0.142. The van der Waals surface area contributed by atoms with E-state index in [1.165, 1.54) is 0 Å². The summed E-state index contributed by atoms with van der Waals surface area (Å²) in [4.78, 5) is 43.2. The van der Waals surface area contributed by atoms with Gasteiger partial charge in [0.05, 0.1) is 11.9 Å². The monoisotopic (exact) mass is 446 g/mol. The van der Waals surface area contributed by atoms with Crippen molar-refractivity contribution in [2.45, 2.75) is 18.9 Å². The maximum atomic E-state index is 12.8. The predicted octanol–water partition coefficient (Wildman–Crippen LogP) is 2.45. The van der Waals surface area contributed by atoms with Gasteiger partial charge in [-0.05, 0) is 25.0 Å². The third-order valence-corrected chi connectivity index (χ3v) is 5.97. The number of hydrogen-bond acceptors (Lipinski definition) is 5. The lowest BCUT2D eigenvalue weighted by Gasteiger charge is -2.33. The molecule has 0 radical (unpaired) electrons. The number of aromatic nitrogens is 1. The van der Waals surface area contributed by atoms with Crippen molar-refractivity contribution in [1.29, 1.82) is 0 Å². The van der Waals surface area contributed by atoms with Crippen molar-refractivity contribution in [3.05, 3.63) is 72.6 Å². The summed E-state index contributed by atoms with van der Waals surface area (Å²) in [5.74, 6) is -2.15. The summed E-state index contributed by atoms with van der Waals surface area (Å²) in [6.07, 6.45) is 4.90. The number of piperidine rings is 1. The van der Waals surface area contributed by atoms with Crippen LogP contribution in [0.15, 0.2) is 67.0 Å². The molecule has 0 saturated carbocycles. The SMILES string of the molecule is O=C(NC[C@H](NC(=O)C1CCN(c2cncc3ccccc23)CC1)C(=O)O)c1ccccc1. The van der Waals surface area contributed by atoms with Crippen molar-refractivity contribution in [1.82, 2.24) is 15.6 Å². The van der Waals surface area contributed by atoms with Crippen LogP contribution in [0.3, 0.4) is 0 Å². The fourth-order valence-electron chi connectivity index (χ4n) is 4.11. The van der Waals surface area contributed by atoms with Crippen LogP contribution in [0.5, 0.6) is 0 Å². The Bertz CT molecular complexity index is 1140. The Morgan fingerprint density at radius 3 is 2.42 bits per heavy atom. The fourth-order valence-corrected chi connectivity index (χ4v) is 4.11. The Labute approximate surface area is 191 Å². The first kappa shape index (κ1) is 22.3. The molecule has 170 valence electrons. The summed E-state index contributed by atoms with van der Waals surface area (Å²) in [6, 6.07) is 15.4. The number of carbonyl (C=O) groups excluding carboxylic acids is 2. The minimum absolute atomic E-state index is 0.185. The van der Waals surface area contributed by atoms with E-state index < -0.39 is 12.0 Å². The highest BCUT2D eigenvalue weighted by Crippen LogP contribution is 2.29. The largest absolute Gasteiger partial charge is 0.480 e. The molecule has 0 aliphatic carbocycles. The average molecular weight is 447 g/mol. The van der Waals surface area contributed by atoms with E-state index in [0.717, 1.165) is 16.5 Å². The van der Waals surface area contributed by atoms with E-state index >= 15 is 0 Å². The number of carbonyl (C=O) groups is 3. The summed E-state index contributed by atoms with van der Waals surface area (Å²) in [6.45, 7) is 1.17. The molecule has 1 fully saturated rings. The minimum Gasteiger partial charge on any atom is -0.480 e. The van der Waals surface area contributed by atoms with E-state index in [1.54, 1.807) is 30.3 Å². The maximum Gasteiger partial charge on any atom is 0.328 e. The van der Waals surface area contributed by atoms with Crippen molar-refractivity contribution in [3.63, 3.8) is 0 Å². The second-order valence-electron chi connectivity index (χ2n) is 8.12. The number of rotatable bonds is 7. The maximum absolute atomic E-state index is 12.8. The molecule has 0 bridgehead atoms. The topological polar surface area (TPSA) is 112 Å². The van der Waals surface area contributed by atoms with E-state index in [4.69, 9.17) is 0 Å². The Morgan fingerprint density at radius 2 is 1.70 bits per heavy atom. The van der Waals surface area contributed by atoms with Gasteiger partial charge in [-0.3, -0.25) is 14.6 Å². The number of nitrogens with one attached hydrogen (secondary N) is 2. The first-order chi connectivity index (χ1) is 16.0. The number of amides is 2. The third-order valence-electron chi connectivity index (χ3n) is 5.97. The number of benzene rings is 2. The van der Waals surface area contributed by atoms with Crippen molar-refractivity contribution in [2.24, 2.45) is 5.92 Å². The molecule has 2 heterocycles. The van der Waals surface area contributed by atoms with E-state index in [0.29, 0.717) is 31.5 Å². The van der Waals surface area contributed by atoms with Gasteiger partial charge >= 0.3 is 5.97 Å². The van der Waals surface area contributed by atoms with Crippen molar-refractivity contribution >= 4 is 34.2 Å². The molecule has 0 unspecified atom stereocenters. The van der Waals surface area contributed by atoms with Gasteiger partial charge in [-0.15, -0.1) is 0 Å². The first-order valence-electron chi connectivity index (χ1n) is 11.0. The molecule has 1 saturated heterocycles. The number of carboxylic acids is 1. The molecule has 0 spiro atoms. The van der Waals surface area contributed by atoms with Crippen LogP contribution in [0, 0.1) is 5.92 Å². The van der Waals surface area contributed by atoms with Gasteiger partial charge in [0.15, 0.2) is 0 Å². The molecule has 3 N–H and O–H groups in total. The van der Waals surface area contributed by atoms with Crippen LogP contribution in [0.25, 0.3) is 10.8 Å². The summed E-state index contributed by atoms with van der Waals surface area (Å²) >= 11 is 0. The van der Waals surface area contributed by atoms with Gasteiger partial charge in [0.1, 0.15) is 6.04 Å². The molecule has 8 nitrogen and oxygen atoms in total. The predicted molar refractivity (Wildman–Crippen MR) is 125 cm³/mol. The Balaban J connectivity index is 1.32. The average Bonchev–Trinajstić information content (AvgIpc) is 2.86. The Kier molecular flexibility index (Phi) is 6.83. The van der Waals surface area contributed by atoms with Gasteiger partial charge < -0.3 is 20.6 Å². The molecule has 8 heteroatoms. The number of anilines is 1. The number of pyridine rings is 1. The van der Waals surface area contributed by atoms with E-state index in [-0.39, 0.29) is 24.3 Å². The molecule has 2 amide bonds. The van der Waals surface area contributed by atoms with Gasteiger partial charge in [-0.1, -0.05) is 42.5 Å². The Morgan fingerprint density at radius 1 is 1.00 bits per heavy atom. The minimum atomic E-state index is -1.19. The highest BCUT2D eigenvalue weighted by Gasteiger charge is 2.29. The van der Waals surface area contributed by atoms with Crippen LogP contribution in [-0.2, 0) is 9.59 Å². The summed E-state index contributed by atoms with van der Waals surface area (Å²) < 4.78 is 0. The summed E-state index contributed by atoms with van der Waals surface area (Å²) in [5.41, 5.74) is 1.47. The second-order valence-corrected chi connectivity index (χ2v) is 8.12.